The lowest BCUT2D eigenvalue weighted by molar-refractivity contribution is 0.303. The van der Waals surface area contributed by atoms with Gasteiger partial charge >= 0.3 is 0 Å². The number of ether oxygens (including phenoxy) is 1. The molecule has 0 saturated heterocycles. The van der Waals surface area contributed by atoms with Gasteiger partial charge in [0, 0.05) is 0 Å². The van der Waals surface area contributed by atoms with Crippen molar-refractivity contribution in [2.45, 2.75) is 20.0 Å². The number of rotatable bonds is 5. The molecule has 0 bridgehead atoms. The SMILES string of the molecule is C=Cc1ccc(COc2ccccc2CC)cc1. The van der Waals surface area contributed by atoms with Crippen LogP contribution in [0.4, 0.5) is 0 Å². The first-order chi connectivity index (χ1) is 8.83. The molecule has 0 spiro atoms. The van der Waals surface area contributed by atoms with Crippen LogP contribution in [-0.4, -0.2) is 0 Å². The first kappa shape index (κ1) is 12.4. The first-order valence-electron chi connectivity index (χ1n) is 6.25. The normalized spacial score (nSPS) is 10.1. The van der Waals surface area contributed by atoms with E-state index in [-0.39, 0.29) is 0 Å². The van der Waals surface area contributed by atoms with Crippen molar-refractivity contribution in [2.75, 3.05) is 0 Å². The average molecular weight is 238 g/mol. The highest BCUT2D eigenvalue weighted by atomic mass is 16.5. The lowest BCUT2D eigenvalue weighted by atomic mass is 10.1. The molecule has 2 aromatic carbocycles. The second-order valence-electron chi connectivity index (χ2n) is 4.20. The van der Waals surface area contributed by atoms with E-state index in [1.54, 1.807) is 0 Å². The van der Waals surface area contributed by atoms with E-state index in [0.29, 0.717) is 6.61 Å². The second kappa shape index (κ2) is 6.06. The largest absolute Gasteiger partial charge is 0.489 e. The summed E-state index contributed by atoms with van der Waals surface area (Å²) in [4.78, 5) is 0. The Balaban J connectivity index is 2.04. The monoisotopic (exact) mass is 238 g/mol. The maximum absolute atomic E-state index is 5.86. The Hall–Kier alpha value is -2.02. The van der Waals surface area contributed by atoms with Crippen LogP contribution in [0.2, 0.25) is 0 Å². The highest BCUT2D eigenvalue weighted by Crippen LogP contribution is 2.19. The van der Waals surface area contributed by atoms with Crippen molar-refractivity contribution in [2.24, 2.45) is 0 Å². The molecular weight excluding hydrogens is 220 g/mol. The summed E-state index contributed by atoms with van der Waals surface area (Å²) >= 11 is 0. The van der Waals surface area contributed by atoms with Crippen LogP contribution < -0.4 is 4.74 Å². The maximum Gasteiger partial charge on any atom is 0.122 e. The molecule has 0 fully saturated rings. The Bertz CT molecular complexity index is 511. The summed E-state index contributed by atoms with van der Waals surface area (Å²) in [6.07, 6.45) is 2.84. The molecule has 0 heterocycles. The van der Waals surface area contributed by atoms with Gasteiger partial charge in [0.15, 0.2) is 0 Å². The van der Waals surface area contributed by atoms with Crippen LogP contribution in [0.5, 0.6) is 5.75 Å². The zero-order valence-corrected chi connectivity index (χ0v) is 10.7. The van der Waals surface area contributed by atoms with Crippen LogP contribution in [-0.2, 0) is 13.0 Å². The van der Waals surface area contributed by atoms with E-state index in [9.17, 15) is 0 Å². The van der Waals surface area contributed by atoms with Crippen LogP contribution in [0.15, 0.2) is 55.1 Å². The number of hydrogen-bond donors (Lipinski definition) is 0. The summed E-state index contributed by atoms with van der Waals surface area (Å²) in [5.41, 5.74) is 3.56. The van der Waals surface area contributed by atoms with Crippen molar-refractivity contribution in [1.82, 2.24) is 0 Å². The molecule has 0 aliphatic heterocycles. The second-order valence-corrected chi connectivity index (χ2v) is 4.20. The molecule has 18 heavy (non-hydrogen) atoms. The lowest BCUT2D eigenvalue weighted by Crippen LogP contribution is -1.98. The maximum atomic E-state index is 5.86. The van der Waals surface area contributed by atoms with Crippen molar-refractivity contribution in [3.05, 3.63) is 71.8 Å². The Kier molecular flexibility index (Phi) is 4.19. The van der Waals surface area contributed by atoms with Gasteiger partial charge in [-0.15, -0.1) is 0 Å². The van der Waals surface area contributed by atoms with Gasteiger partial charge in [-0.2, -0.15) is 0 Å². The topological polar surface area (TPSA) is 9.23 Å². The van der Waals surface area contributed by atoms with E-state index < -0.39 is 0 Å². The van der Waals surface area contributed by atoms with Crippen LogP contribution in [0, 0.1) is 0 Å². The quantitative estimate of drug-likeness (QED) is 0.746. The molecule has 0 unspecified atom stereocenters. The van der Waals surface area contributed by atoms with Gasteiger partial charge < -0.3 is 4.74 Å². The molecule has 0 atom stereocenters. The van der Waals surface area contributed by atoms with E-state index in [0.717, 1.165) is 17.7 Å². The minimum Gasteiger partial charge on any atom is -0.489 e. The van der Waals surface area contributed by atoms with Gasteiger partial charge in [0.2, 0.25) is 0 Å². The van der Waals surface area contributed by atoms with Crippen molar-refractivity contribution in [3.63, 3.8) is 0 Å². The molecule has 2 rings (SSSR count). The molecule has 0 aromatic heterocycles. The number of para-hydroxylation sites is 1. The predicted molar refractivity (Wildman–Crippen MR) is 76.7 cm³/mol. The van der Waals surface area contributed by atoms with Crippen molar-refractivity contribution in [3.8, 4) is 5.75 Å². The highest BCUT2D eigenvalue weighted by Gasteiger charge is 2.01. The predicted octanol–water partition coefficient (Wildman–Crippen LogP) is 4.47. The van der Waals surface area contributed by atoms with Gasteiger partial charge in [-0.1, -0.05) is 62.0 Å². The average Bonchev–Trinajstić information content (AvgIpc) is 2.46. The summed E-state index contributed by atoms with van der Waals surface area (Å²) < 4.78 is 5.86. The lowest BCUT2D eigenvalue weighted by Gasteiger charge is -2.10. The van der Waals surface area contributed by atoms with Gasteiger partial charge in [0.1, 0.15) is 12.4 Å². The third-order valence-corrected chi connectivity index (χ3v) is 2.96. The van der Waals surface area contributed by atoms with Crippen LogP contribution in [0.25, 0.3) is 6.08 Å². The molecule has 1 heteroatoms. The molecule has 0 N–H and O–H groups in total. The molecule has 0 amide bonds. The molecule has 0 radical (unpaired) electrons. The molecule has 0 aliphatic carbocycles. The Morgan fingerprint density at radius 2 is 1.78 bits per heavy atom. The summed E-state index contributed by atoms with van der Waals surface area (Å²) in [6, 6.07) is 16.4. The van der Waals surface area contributed by atoms with E-state index in [2.05, 4.69) is 43.8 Å². The van der Waals surface area contributed by atoms with Crippen molar-refractivity contribution in [1.29, 1.82) is 0 Å². The Morgan fingerprint density at radius 1 is 1.06 bits per heavy atom. The minimum atomic E-state index is 0.606. The van der Waals surface area contributed by atoms with Crippen molar-refractivity contribution >= 4 is 6.08 Å². The van der Waals surface area contributed by atoms with Gasteiger partial charge in [-0.25, -0.2) is 0 Å². The number of hydrogen-bond acceptors (Lipinski definition) is 1. The van der Waals surface area contributed by atoms with Crippen molar-refractivity contribution < 1.29 is 4.74 Å². The molecule has 0 aliphatic rings. The zero-order valence-electron chi connectivity index (χ0n) is 10.7. The van der Waals surface area contributed by atoms with Crippen LogP contribution in [0.3, 0.4) is 0 Å². The molecule has 92 valence electrons. The summed E-state index contributed by atoms with van der Waals surface area (Å²) in [5, 5.41) is 0. The molecule has 1 nitrogen and oxygen atoms in total. The van der Waals surface area contributed by atoms with Crippen LogP contribution in [0.1, 0.15) is 23.6 Å². The van der Waals surface area contributed by atoms with E-state index in [1.165, 1.54) is 11.1 Å². The summed E-state index contributed by atoms with van der Waals surface area (Å²) in [6.45, 7) is 6.49. The van der Waals surface area contributed by atoms with Gasteiger partial charge in [0.05, 0.1) is 0 Å². The standard InChI is InChI=1S/C17H18O/c1-3-14-9-11-15(12-10-14)13-18-17-8-6-5-7-16(17)4-2/h3,5-12H,1,4,13H2,2H3. The fraction of sp³-hybridized carbons (Fsp3) is 0.176. The summed E-state index contributed by atoms with van der Waals surface area (Å²) in [5.74, 6) is 0.979. The summed E-state index contributed by atoms with van der Waals surface area (Å²) in [7, 11) is 0. The highest BCUT2D eigenvalue weighted by molar-refractivity contribution is 5.47. The fourth-order valence-corrected chi connectivity index (χ4v) is 1.85. The minimum absolute atomic E-state index is 0.606. The molecular formula is C17H18O. The number of aryl methyl sites for hydroxylation is 1. The Labute approximate surface area is 109 Å². The van der Waals surface area contributed by atoms with E-state index in [1.807, 2.05) is 24.3 Å². The van der Waals surface area contributed by atoms with Gasteiger partial charge in [0.25, 0.3) is 0 Å². The fourth-order valence-electron chi connectivity index (χ4n) is 1.85. The molecule has 0 saturated carbocycles. The third kappa shape index (κ3) is 3.01. The first-order valence-corrected chi connectivity index (χ1v) is 6.25. The van der Waals surface area contributed by atoms with E-state index in [4.69, 9.17) is 4.74 Å². The van der Waals surface area contributed by atoms with E-state index >= 15 is 0 Å². The molecule has 2 aromatic rings. The number of benzene rings is 2. The van der Waals surface area contributed by atoms with Gasteiger partial charge in [-0.05, 0) is 29.2 Å². The smallest absolute Gasteiger partial charge is 0.122 e. The van der Waals surface area contributed by atoms with Gasteiger partial charge in [-0.3, -0.25) is 0 Å². The zero-order chi connectivity index (χ0) is 12.8. The third-order valence-electron chi connectivity index (χ3n) is 2.96. The Morgan fingerprint density at radius 3 is 2.44 bits per heavy atom. The van der Waals surface area contributed by atoms with Crippen LogP contribution >= 0.6 is 0 Å².